The highest BCUT2D eigenvalue weighted by atomic mass is 35.5. The van der Waals surface area contributed by atoms with Crippen LogP contribution in [0.2, 0.25) is 0 Å². The zero-order chi connectivity index (χ0) is 20.1. The molecular weight excluding hydrogens is 402 g/mol. The van der Waals surface area contributed by atoms with Crippen molar-refractivity contribution in [3.63, 3.8) is 0 Å². The predicted molar refractivity (Wildman–Crippen MR) is 117 cm³/mol. The van der Waals surface area contributed by atoms with Gasteiger partial charge >= 0.3 is 0 Å². The van der Waals surface area contributed by atoms with Gasteiger partial charge in [0, 0.05) is 37.9 Å². The van der Waals surface area contributed by atoms with Crippen LogP contribution in [0.25, 0.3) is 0 Å². The standard InChI is InChI=1S/C22H29N5O2.ClH/c28-20(8-7-18-5-2-1-3-6-18)26-16-9-19(17-26)25-21(29)22(10-13-23-14-11-22)27-15-4-12-24-27;/h1-6,12,15,19,23H,7-11,13-14,16-17H2,(H,25,29);1H. The summed E-state index contributed by atoms with van der Waals surface area (Å²) in [7, 11) is 0. The Bertz CT molecular complexity index is 821. The highest BCUT2D eigenvalue weighted by Crippen LogP contribution is 2.28. The minimum Gasteiger partial charge on any atom is -0.349 e. The number of likely N-dealkylation sites (tertiary alicyclic amines) is 1. The molecule has 3 heterocycles. The third kappa shape index (κ3) is 4.84. The Labute approximate surface area is 183 Å². The van der Waals surface area contributed by atoms with Crippen molar-refractivity contribution in [2.45, 2.75) is 43.7 Å². The minimum atomic E-state index is -0.639. The number of halogens is 1. The van der Waals surface area contributed by atoms with Crippen LogP contribution in [0.15, 0.2) is 48.8 Å². The molecule has 0 radical (unpaired) electrons. The Hall–Kier alpha value is -2.38. The largest absolute Gasteiger partial charge is 0.349 e. The van der Waals surface area contributed by atoms with E-state index in [0.29, 0.717) is 32.4 Å². The molecule has 1 atom stereocenters. The molecule has 2 N–H and O–H groups in total. The smallest absolute Gasteiger partial charge is 0.248 e. The van der Waals surface area contributed by atoms with E-state index in [1.165, 1.54) is 5.56 Å². The number of hydrogen-bond donors (Lipinski definition) is 2. The van der Waals surface area contributed by atoms with Gasteiger partial charge in [0.1, 0.15) is 5.54 Å². The number of nitrogens with zero attached hydrogens (tertiary/aromatic N) is 3. The van der Waals surface area contributed by atoms with E-state index in [-0.39, 0.29) is 30.3 Å². The van der Waals surface area contributed by atoms with Crippen molar-refractivity contribution < 1.29 is 9.59 Å². The lowest BCUT2D eigenvalue weighted by Gasteiger charge is -2.37. The molecule has 1 unspecified atom stereocenters. The van der Waals surface area contributed by atoms with E-state index in [1.807, 2.05) is 47.5 Å². The fourth-order valence-corrected chi connectivity index (χ4v) is 4.40. The molecule has 1 aromatic carbocycles. The molecule has 0 saturated carbocycles. The van der Waals surface area contributed by atoms with Crippen LogP contribution in [0.4, 0.5) is 0 Å². The number of piperidine rings is 1. The second kappa shape index (κ2) is 10.1. The van der Waals surface area contributed by atoms with E-state index < -0.39 is 5.54 Å². The molecule has 2 saturated heterocycles. The maximum atomic E-state index is 13.3. The fraction of sp³-hybridized carbons (Fsp3) is 0.500. The number of nitrogens with one attached hydrogen (secondary N) is 2. The van der Waals surface area contributed by atoms with Crippen molar-refractivity contribution in [1.82, 2.24) is 25.3 Å². The molecule has 7 nitrogen and oxygen atoms in total. The number of aromatic nitrogens is 2. The number of aryl methyl sites for hydroxylation is 1. The molecule has 0 aliphatic carbocycles. The van der Waals surface area contributed by atoms with E-state index in [1.54, 1.807) is 10.9 Å². The first-order chi connectivity index (χ1) is 14.2. The quantitative estimate of drug-likeness (QED) is 0.730. The minimum absolute atomic E-state index is 0. The molecule has 2 aromatic rings. The van der Waals surface area contributed by atoms with Gasteiger partial charge in [-0.1, -0.05) is 30.3 Å². The Kier molecular flexibility index (Phi) is 7.50. The number of carbonyl (C=O) groups is 2. The van der Waals surface area contributed by atoms with Gasteiger partial charge in [0.2, 0.25) is 11.8 Å². The van der Waals surface area contributed by atoms with Gasteiger partial charge in [0.15, 0.2) is 0 Å². The lowest BCUT2D eigenvalue weighted by molar-refractivity contribution is -0.133. The third-order valence-corrected chi connectivity index (χ3v) is 6.14. The number of benzene rings is 1. The van der Waals surface area contributed by atoms with E-state index in [2.05, 4.69) is 15.7 Å². The van der Waals surface area contributed by atoms with Crippen LogP contribution < -0.4 is 10.6 Å². The summed E-state index contributed by atoms with van der Waals surface area (Å²) in [5, 5.41) is 10.9. The van der Waals surface area contributed by atoms with Crippen molar-refractivity contribution >= 4 is 24.2 Å². The van der Waals surface area contributed by atoms with E-state index in [4.69, 9.17) is 0 Å². The van der Waals surface area contributed by atoms with Gasteiger partial charge in [-0.25, -0.2) is 0 Å². The predicted octanol–water partition coefficient (Wildman–Crippen LogP) is 1.73. The molecular formula is C22H30ClN5O2. The first-order valence-corrected chi connectivity index (χ1v) is 10.5. The summed E-state index contributed by atoms with van der Waals surface area (Å²) in [4.78, 5) is 27.7. The summed E-state index contributed by atoms with van der Waals surface area (Å²) in [5.41, 5.74) is 0.538. The molecule has 2 amide bonds. The van der Waals surface area contributed by atoms with E-state index >= 15 is 0 Å². The molecule has 2 aliphatic heterocycles. The maximum Gasteiger partial charge on any atom is 0.248 e. The fourth-order valence-electron chi connectivity index (χ4n) is 4.40. The second-order valence-corrected chi connectivity index (χ2v) is 8.02. The molecule has 2 aliphatic rings. The Morgan fingerprint density at radius 2 is 1.93 bits per heavy atom. The average Bonchev–Trinajstić information content (AvgIpc) is 3.46. The number of carbonyl (C=O) groups excluding carboxylic acids is 2. The van der Waals surface area contributed by atoms with Crippen LogP contribution in [0.5, 0.6) is 0 Å². The van der Waals surface area contributed by atoms with Crippen LogP contribution in [-0.4, -0.2) is 58.7 Å². The number of hydrogen-bond acceptors (Lipinski definition) is 4. The van der Waals surface area contributed by atoms with Crippen molar-refractivity contribution in [1.29, 1.82) is 0 Å². The summed E-state index contributed by atoms with van der Waals surface area (Å²) in [6.45, 7) is 2.88. The van der Waals surface area contributed by atoms with Crippen LogP contribution in [0.1, 0.15) is 31.2 Å². The monoisotopic (exact) mass is 431 g/mol. The van der Waals surface area contributed by atoms with Gasteiger partial charge in [-0.3, -0.25) is 14.3 Å². The molecule has 4 rings (SSSR count). The normalized spacial score (nSPS) is 20.4. The SMILES string of the molecule is Cl.O=C(CCc1ccccc1)N1CCC(NC(=O)C2(n3cccn3)CCNCC2)C1. The van der Waals surface area contributed by atoms with Gasteiger partial charge in [-0.2, -0.15) is 5.10 Å². The molecule has 0 spiro atoms. The topological polar surface area (TPSA) is 79.3 Å². The van der Waals surface area contributed by atoms with Gasteiger partial charge in [-0.05, 0) is 50.4 Å². The molecule has 8 heteroatoms. The molecule has 162 valence electrons. The Morgan fingerprint density at radius 1 is 1.17 bits per heavy atom. The number of amides is 2. The summed E-state index contributed by atoms with van der Waals surface area (Å²) in [6, 6.07) is 11.9. The van der Waals surface area contributed by atoms with Gasteiger partial charge in [0.05, 0.1) is 0 Å². The average molecular weight is 432 g/mol. The first kappa shape index (κ1) is 22.3. The summed E-state index contributed by atoms with van der Waals surface area (Å²) >= 11 is 0. The molecule has 0 bridgehead atoms. The Morgan fingerprint density at radius 3 is 2.63 bits per heavy atom. The van der Waals surface area contributed by atoms with E-state index in [0.717, 1.165) is 25.9 Å². The van der Waals surface area contributed by atoms with Crippen molar-refractivity contribution in [3.8, 4) is 0 Å². The zero-order valence-corrected chi connectivity index (χ0v) is 17.9. The second-order valence-electron chi connectivity index (χ2n) is 8.02. The molecule has 30 heavy (non-hydrogen) atoms. The zero-order valence-electron chi connectivity index (χ0n) is 17.1. The molecule has 2 fully saturated rings. The van der Waals surface area contributed by atoms with Crippen molar-refractivity contribution in [3.05, 3.63) is 54.4 Å². The highest BCUT2D eigenvalue weighted by Gasteiger charge is 2.43. The highest BCUT2D eigenvalue weighted by molar-refractivity contribution is 5.85. The number of rotatable bonds is 6. The van der Waals surface area contributed by atoms with Crippen molar-refractivity contribution in [2.24, 2.45) is 0 Å². The Balaban J connectivity index is 0.00000256. The third-order valence-electron chi connectivity index (χ3n) is 6.14. The maximum absolute atomic E-state index is 13.3. The lowest BCUT2D eigenvalue weighted by Crippen LogP contribution is -2.56. The molecule has 1 aromatic heterocycles. The summed E-state index contributed by atoms with van der Waals surface area (Å²) in [6.07, 6.45) is 7.09. The van der Waals surface area contributed by atoms with Gasteiger partial charge in [-0.15, -0.1) is 12.4 Å². The van der Waals surface area contributed by atoms with Crippen LogP contribution >= 0.6 is 12.4 Å². The van der Waals surface area contributed by atoms with Crippen LogP contribution in [-0.2, 0) is 21.5 Å². The summed E-state index contributed by atoms with van der Waals surface area (Å²) < 4.78 is 1.81. The van der Waals surface area contributed by atoms with Crippen LogP contribution in [0, 0.1) is 0 Å². The van der Waals surface area contributed by atoms with Gasteiger partial charge < -0.3 is 15.5 Å². The first-order valence-electron chi connectivity index (χ1n) is 10.5. The van der Waals surface area contributed by atoms with Crippen LogP contribution in [0.3, 0.4) is 0 Å². The van der Waals surface area contributed by atoms with Gasteiger partial charge in [0.25, 0.3) is 0 Å². The lowest BCUT2D eigenvalue weighted by atomic mass is 9.87. The summed E-state index contributed by atoms with van der Waals surface area (Å²) in [5.74, 6) is 0.181. The van der Waals surface area contributed by atoms with E-state index in [9.17, 15) is 9.59 Å². The van der Waals surface area contributed by atoms with Crippen molar-refractivity contribution in [2.75, 3.05) is 26.2 Å².